The fourth-order valence-corrected chi connectivity index (χ4v) is 7.17. The first-order valence-electron chi connectivity index (χ1n) is 11.9. The number of allylic oxidation sites excluding steroid dienone is 2. The molecule has 0 amide bonds. The van der Waals surface area contributed by atoms with Gasteiger partial charge in [-0.3, -0.25) is 0 Å². The molecule has 0 saturated heterocycles. The third-order valence-corrected chi connectivity index (χ3v) is 9.51. The average molecular weight is 359 g/mol. The Hall–Kier alpha value is -0.260. The van der Waals surface area contributed by atoms with Crippen LogP contribution in [0.4, 0.5) is 0 Å². The van der Waals surface area contributed by atoms with Crippen molar-refractivity contribution in [3.8, 4) is 0 Å². The molecule has 10 unspecified atom stereocenters. The van der Waals surface area contributed by atoms with Crippen LogP contribution in [-0.2, 0) is 0 Å². The van der Waals surface area contributed by atoms with Crippen molar-refractivity contribution in [3.63, 3.8) is 0 Å². The molecule has 3 saturated carbocycles. The number of fused-ring (bicyclic) bond motifs is 3. The molecule has 0 spiro atoms. The molecule has 3 rings (SSSR count). The van der Waals surface area contributed by atoms with Crippen molar-refractivity contribution >= 4 is 0 Å². The summed E-state index contributed by atoms with van der Waals surface area (Å²) >= 11 is 0. The van der Waals surface area contributed by atoms with Crippen molar-refractivity contribution in [2.45, 2.75) is 93.4 Å². The zero-order valence-electron chi connectivity index (χ0n) is 18.8. The molecule has 0 radical (unpaired) electrons. The van der Waals surface area contributed by atoms with Gasteiger partial charge in [-0.2, -0.15) is 0 Å². The lowest BCUT2D eigenvalue weighted by atomic mass is 9.53. The second-order valence-corrected chi connectivity index (χ2v) is 11.1. The lowest BCUT2D eigenvalue weighted by Gasteiger charge is -2.52. The summed E-state index contributed by atoms with van der Waals surface area (Å²) in [6.45, 7) is 17.0. The third kappa shape index (κ3) is 3.95. The highest BCUT2D eigenvalue weighted by Gasteiger charge is 2.61. The van der Waals surface area contributed by atoms with Crippen LogP contribution in [-0.4, -0.2) is 0 Å². The molecule has 0 aliphatic heterocycles. The number of rotatable bonds is 9. The van der Waals surface area contributed by atoms with Gasteiger partial charge >= 0.3 is 0 Å². The lowest BCUT2D eigenvalue weighted by Crippen LogP contribution is -2.46. The summed E-state index contributed by atoms with van der Waals surface area (Å²) in [6.07, 6.45) is 12.6. The number of hydrogen-bond acceptors (Lipinski definition) is 0. The van der Waals surface area contributed by atoms with E-state index in [2.05, 4.69) is 54.5 Å². The highest BCUT2D eigenvalue weighted by molar-refractivity contribution is 5.10. The van der Waals surface area contributed by atoms with E-state index in [1.54, 1.807) is 18.4 Å². The van der Waals surface area contributed by atoms with Crippen molar-refractivity contribution in [2.75, 3.05) is 0 Å². The maximum absolute atomic E-state index is 2.59. The van der Waals surface area contributed by atoms with E-state index in [4.69, 9.17) is 0 Å². The molecule has 0 nitrogen and oxygen atoms in total. The highest BCUT2D eigenvalue weighted by Crippen LogP contribution is 2.68. The van der Waals surface area contributed by atoms with Crippen molar-refractivity contribution in [3.05, 3.63) is 11.6 Å². The summed E-state index contributed by atoms with van der Waals surface area (Å²) in [7, 11) is 0. The summed E-state index contributed by atoms with van der Waals surface area (Å²) in [5, 5.41) is 0. The third-order valence-electron chi connectivity index (χ3n) is 9.51. The smallest absolute Gasteiger partial charge is 0.0295 e. The van der Waals surface area contributed by atoms with E-state index in [-0.39, 0.29) is 0 Å². The first kappa shape index (κ1) is 20.5. The second kappa shape index (κ2) is 8.40. The van der Waals surface area contributed by atoms with Crippen molar-refractivity contribution in [1.29, 1.82) is 0 Å². The summed E-state index contributed by atoms with van der Waals surface area (Å²) < 4.78 is 0. The Bertz CT molecular complexity index is 488. The maximum Gasteiger partial charge on any atom is -0.0295 e. The van der Waals surface area contributed by atoms with Gasteiger partial charge in [-0.05, 0) is 98.7 Å². The van der Waals surface area contributed by atoms with Gasteiger partial charge in [0.05, 0.1) is 0 Å². The first-order valence-corrected chi connectivity index (χ1v) is 11.9. The predicted octanol–water partition coefficient (Wildman–Crippen LogP) is 7.99. The normalized spacial score (nSPS) is 42.3. The standard InChI is InChI=1S/C26H46/c1-8-16(2)13-19(5)18(4)11-9-17(3)10-12-22-21(7)26-24-14-20(6)23(24)15-25(22)26/h8,17-26H,9-15H2,1-7H3. The van der Waals surface area contributed by atoms with E-state index < -0.39 is 0 Å². The van der Waals surface area contributed by atoms with E-state index >= 15 is 0 Å². The maximum atomic E-state index is 2.59. The SMILES string of the molecule is CC=C(C)CC(C)C(C)CCC(C)CCC1C(C)C2C3CC(C)C3CC12. The van der Waals surface area contributed by atoms with Crippen LogP contribution in [0.25, 0.3) is 0 Å². The minimum atomic E-state index is 0.835. The van der Waals surface area contributed by atoms with Gasteiger partial charge in [-0.25, -0.2) is 0 Å². The predicted molar refractivity (Wildman–Crippen MR) is 115 cm³/mol. The molecular weight excluding hydrogens is 312 g/mol. The molecule has 3 fully saturated rings. The Morgan fingerprint density at radius 3 is 2.31 bits per heavy atom. The molecule has 0 heteroatoms. The zero-order chi connectivity index (χ0) is 19.0. The van der Waals surface area contributed by atoms with Gasteiger partial charge in [0, 0.05) is 0 Å². The van der Waals surface area contributed by atoms with Crippen LogP contribution in [0, 0.1) is 59.2 Å². The van der Waals surface area contributed by atoms with E-state index in [9.17, 15) is 0 Å². The molecule has 150 valence electrons. The van der Waals surface area contributed by atoms with Crippen LogP contribution >= 0.6 is 0 Å². The molecule has 26 heavy (non-hydrogen) atoms. The summed E-state index contributed by atoms with van der Waals surface area (Å²) in [5.41, 5.74) is 1.56. The Morgan fingerprint density at radius 1 is 0.923 bits per heavy atom. The van der Waals surface area contributed by atoms with Crippen molar-refractivity contribution in [1.82, 2.24) is 0 Å². The van der Waals surface area contributed by atoms with Gasteiger partial charge in [-0.15, -0.1) is 0 Å². The van der Waals surface area contributed by atoms with Crippen molar-refractivity contribution < 1.29 is 0 Å². The molecule has 0 aromatic carbocycles. The van der Waals surface area contributed by atoms with Crippen LogP contribution in [0.2, 0.25) is 0 Å². The van der Waals surface area contributed by atoms with Crippen LogP contribution in [0.3, 0.4) is 0 Å². The van der Waals surface area contributed by atoms with Gasteiger partial charge in [-0.1, -0.05) is 65.5 Å². The van der Waals surface area contributed by atoms with Gasteiger partial charge in [0.25, 0.3) is 0 Å². The molecule has 0 aromatic rings. The fourth-order valence-electron chi connectivity index (χ4n) is 7.17. The van der Waals surface area contributed by atoms with Crippen LogP contribution < -0.4 is 0 Å². The largest absolute Gasteiger partial charge is 0.0887 e. The molecular formula is C26H46. The Labute approximate surface area is 164 Å². The second-order valence-electron chi connectivity index (χ2n) is 11.1. The Balaban J connectivity index is 1.35. The average Bonchev–Trinajstić information content (AvgIpc) is 2.88. The van der Waals surface area contributed by atoms with Gasteiger partial charge < -0.3 is 0 Å². The van der Waals surface area contributed by atoms with Crippen LogP contribution in [0.15, 0.2) is 11.6 Å². The minimum absolute atomic E-state index is 0.835. The molecule has 0 bridgehead atoms. The monoisotopic (exact) mass is 358 g/mol. The fraction of sp³-hybridized carbons (Fsp3) is 0.923. The van der Waals surface area contributed by atoms with Crippen LogP contribution in [0.5, 0.6) is 0 Å². The van der Waals surface area contributed by atoms with Gasteiger partial charge in [0.2, 0.25) is 0 Å². The molecule has 3 aliphatic carbocycles. The van der Waals surface area contributed by atoms with Gasteiger partial charge in [0.1, 0.15) is 0 Å². The lowest BCUT2D eigenvalue weighted by molar-refractivity contribution is -0.0397. The van der Waals surface area contributed by atoms with Crippen LogP contribution in [0.1, 0.15) is 93.4 Å². The molecule has 0 heterocycles. The van der Waals surface area contributed by atoms with Crippen molar-refractivity contribution in [2.24, 2.45) is 59.2 Å². The van der Waals surface area contributed by atoms with E-state index in [1.807, 2.05) is 0 Å². The first-order chi connectivity index (χ1) is 12.3. The molecule has 0 aromatic heterocycles. The summed E-state index contributed by atoms with van der Waals surface area (Å²) in [6, 6.07) is 0. The Kier molecular flexibility index (Phi) is 6.62. The van der Waals surface area contributed by atoms with E-state index in [0.29, 0.717) is 0 Å². The summed E-state index contributed by atoms with van der Waals surface area (Å²) in [5.74, 6) is 10.3. The highest BCUT2D eigenvalue weighted by atomic mass is 14.7. The van der Waals surface area contributed by atoms with E-state index in [1.165, 1.54) is 32.1 Å². The Morgan fingerprint density at radius 2 is 1.65 bits per heavy atom. The van der Waals surface area contributed by atoms with Gasteiger partial charge in [0.15, 0.2) is 0 Å². The summed E-state index contributed by atoms with van der Waals surface area (Å²) in [4.78, 5) is 0. The topological polar surface area (TPSA) is 0 Å². The quantitative estimate of drug-likeness (QED) is 0.366. The molecule has 0 N–H and O–H groups in total. The molecule has 10 atom stereocenters. The molecule has 3 aliphatic rings. The number of hydrogen-bond donors (Lipinski definition) is 0. The zero-order valence-corrected chi connectivity index (χ0v) is 18.8. The van der Waals surface area contributed by atoms with E-state index in [0.717, 1.165) is 59.2 Å². The minimum Gasteiger partial charge on any atom is -0.0887 e.